The number of halogens is 7. The van der Waals surface area contributed by atoms with E-state index in [1.807, 2.05) is 0 Å². The second-order valence-corrected chi connectivity index (χ2v) is 0. The monoisotopic (exact) mass is 295 g/mol. The van der Waals surface area contributed by atoms with E-state index in [0.717, 1.165) is 0 Å². The molecule has 0 aromatic rings. The third kappa shape index (κ3) is 155000. The minimum absolute atomic E-state index is 0. The van der Waals surface area contributed by atoms with Crippen LogP contribution in [0.5, 0.6) is 0 Å². The van der Waals surface area contributed by atoms with Gasteiger partial charge in [-0.2, -0.15) is 0 Å². The van der Waals surface area contributed by atoms with E-state index >= 15 is 0 Å². The second-order valence-electron chi connectivity index (χ2n) is 0. The average molecular weight is 296 g/mol. The van der Waals surface area contributed by atoms with Crippen molar-refractivity contribution in [3.05, 3.63) is 0 Å². The van der Waals surface area contributed by atoms with E-state index < -0.39 is 0 Å². The van der Waals surface area contributed by atoms with Crippen LogP contribution < -0.4 is 6.15 Å². The Kier molecular flexibility index (Phi) is 2750000. The molecule has 0 rings (SSSR count). The molecule has 0 aromatic heterocycles. The molecule has 0 aliphatic carbocycles. The third-order valence-corrected chi connectivity index (χ3v) is 0. The summed E-state index contributed by atoms with van der Waals surface area (Å²) in [6.07, 6.45) is 0. The molecule has 86 valence electrons. The fraction of sp³-hybridized carbons (Fsp3) is 0. The molecule has 0 bridgehead atoms. The van der Waals surface area contributed by atoms with Crippen molar-refractivity contribution in [2.75, 3.05) is 0 Å². The van der Waals surface area contributed by atoms with E-state index in [4.69, 9.17) is 22.5 Å². The fourth-order valence-electron chi connectivity index (χ4n) is 0. The van der Waals surface area contributed by atoms with E-state index in [-0.39, 0.29) is 29.7 Å². The standard InChI is InChI=1S/2FHO.5FH.H3N.O.Zr/c2*1-2;;;;;;;;/h2*2H;5*1H;1H3;;. The van der Waals surface area contributed by atoms with E-state index in [2.05, 4.69) is 0 Å². The first kappa shape index (κ1) is 157. The van der Waals surface area contributed by atoms with Crippen LogP contribution in [0.25, 0.3) is 0 Å². The molecular weight excluding hydrogens is 286 g/mol. The average Bonchev–Trinajstić information content (AvgIpc) is 1.81. The predicted octanol–water partition coefficient (Wildman–Crippen LogP) is 0.530. The van der Waals surface area contributed by atoms with Gasteiger partial charge in [-0.3, -0.25) is 23.5 Å². The van der Waals surface area contributed by atoms with E-state index in [1.54, 1.807) is 0 Å². The molecule has 0 radical (unpaired) electrons. The first-order valence-electron chi connectivity index (χ1n) is 0.542. The summed E-state index contributed by atoms with van der Waals surface area (Å²) in [6, 6.07) is 0. The summed E-state index contributed by atoms with van der Waals surface area (Å²) in [5.74, 6) is 0. The van der Waals surface area contributed by atoms with Crippen molar-refractivity contribution in [3.63, 3.8) is 0 Å². The van der Waals surface area contributed by atoms with Gasteiger partial charge in [-0.05, 0) is 0 Å². The summed E-state index contributed by atoms with van der Waals surface area (Å²) >= 11 is 0.300. The van der Waals surface area contributed by atoms with Gasteiger partial charge < -0.3 is 6.15 Å². The minimum atomic E-state index is 0. The van der Waals surface area contributed by atoms with Gasteiger partial charge in [0.15, 0.2) is 0 Å². The van der Waals surface area contributed by atoms with Crippen LogP contribution >= 0.6 is 0 Å². The molecule has 0 aliphatic heterocycles. The first-order valence-corrected chi connectivity index (χ1v) is 1.55. The number of hydrogen-bond acceptors (Lipinski definition) is 4. The van der Waals surface area contributed by atoms with Crippen LogP contribution in [-0.4, -0.2) is 10.6 Å². The van der Waals surface area contributed by atoms with Crippen molar-refractivity contribution in [2.24, 2.45) is 0 Å². The van der Waals surface area contributed by atoms with Gasteiger partial charge >= 0.3 is 27.5 Å². The summed E-state index contributed by atoms with van der Waals surface area (Å²) < 4.78 is 25.3. The Balaban J connectivity index is -0.00000000129. The topological polar surface area (TPSA) is 92.5 Å². The summed E-state index contributed by atoms with van der Waals surface area (Å²) in [5.41, 5.74) is 0. The molecule has 0 unspecified atom stereocenters. The Morgan fingerprint density at radius 2 is 0.667 bits per heavy atom. The Hall–Kier alpha value is 0.0731. The van der Waals surface area contributed by atoms with Gasteiger partial charge in [0.2, 0.25) is 0 Å². The summed E-state index contributed by atoms with van der Waals surface area (Å²) in [5, 5.41) is 11.0. The molecule has 0 fully saturated rings. The summed E-state index contributed by atoms with van der Waals surface area (Å²) in [4.78, 5) is 0. The Labute approximate surface area is 77.5 Å². The van der Waals surface area contributed by atoms with Crippen LogP contribution in [0.3, 0.4) is 0 Å². The fourth-order valence-corrected chi connectivity index (χ4v) is 0. The van der Waals surface area contributed by atoms with Crippen molar-refractivity contribution in [1.82, 2.24) is 6.15 Å². The zero-order valence-electron chi connectivity index (χ0n) is 5.31. The van der Waals surface area contributed by atoms with E-state index in [9.17, 15) is 0 Å². The van der Waals surface area contributed by atoms with Gasteiger partial charge in [0.25, 0.3) is 0 Å². The van der Waals surface area contributed by atoms with Crippen LogP contribution in [0.2, 0.25) is 0 Å². The van der Waals surface area contributed by atoms with Gasteiger partial charge in [-0.1, -0.05) is 9.05 Å². The zero-order valence-corrected chi connectivity index (χ0v) is 7.76. The molecule has 0 spiro atoms. The molecule has 0 atom stereocenters. The molecule has 0 amide bonds. The molecule has 0 heterocycles. The first-order chi connectivity index (χ1) is 3.00. The molecular formula is H10F7NO3Zr. The second kappa shape index (κ2) is 210000. The van der Waals surface area contributed by atoms with Crippen LogP contribution in [-0.2, 0) is 27.5 Å². The Morgan fingerprint density at radius 1 is 0.667 bits per heavy atom. The number of rotatable bonds is 0. The molecule has 0 aliphatic rings. The van der Waals surface area contributed by atoms with Gasteiger partial charge in [-0.15, -0.1) is 0 Å². The van der Waals surface area contributed by atoms with Crippen LogP contribution in [0, 0.1) is 0 Å². The van der Waals surface area contributed by atoms with Crippen molar-refractivity contribution in [1.29, 1.82) is 0 Å². The SMILES string of the molecule is F.F.F.F.F.N.OF.OF.[O]=[Zr]. The van der Waals surface area contributed by atoms with Gasteiger partial charge in [0, 0.05) is 0 Å². The third-order valence-electron chi connectivity index (χ3n) is 0. The molecule has 0 saturated heterocycles. The Morgan fingerprint density at radius 3 is 0.667 bits per heavy atom. The van der Waals surface area contributed by atoms with Crippen molar-refractivity contribution in [3.8, 4) is 0 Å². The quantitative estimate of drug-likeness (QED) is 0.569. The van der Waals surface area contributed by atoms with E-state index in [0.29, 0.717) is 24.7 Å². The van der Waals surface area contributed by atoms with Gasteiger partial charge in [-0.25, -0.2) is 10.6 Å². The molecule has 0 saturated carbocycles. The zero-order chi connectivity index (χ0) is 6.00. The van der Waals surface area contributed by atoms with Crippen molar-refractivity contribution < 1.29 is 70.7 Å². The molecule has 12 heteroatoms. The Bertz CT molecular complexity index is 18.6. The van der Waals surface area contributed by atoms with Crippen LogP contribution in [0.1, 0.15) is 0 Å². The van der Waals surface area contributed by atoms with Crippen LogP contribution in [0.4, 0.5) is 32.6 Å². The maximum absolute atomic E-state index is 8.50. The number of hydrogen-bond donors (Lipinski definition) is 3. The normalized spacial score (nSPS) is 1.25. The van der Waals surface area contributed by atoms with Gasteiger partial charge in [0.1, 0.15) is 0 Å². The van der Waals surface area contributed by atoms with Crippen molar-refractivity contribution >= 4 is 0 Å². The maximum atomic E-state index is 8.50. The molecule has 4 nitrogen and oxygen atoms in total. The predicted molar refractivity (Wildman–Crippen MR) is 24.9 cm³/mol. The molecule has 12 heavy (non-hydrogen) atoms. The summed E-state index contributed by atoms with van der Waals surface area (Å²) in [7, 11) is 0. The van der Waals surface area contributed by atoms with Crippen LogP contribution in [0.15, 0.2) is 0 Å². The summed E-state index contributed by atoms with van der Waals surface area (Å²) in [6.45, 7) is 0. The van der Waals surface area contributed by atoms with Gasteiger partial charge in [0.05, 0.1) is 0 Å². The van der Waals surface area contributed by atoms with E-state index in [1.165, 1.54) is 0 Å². The molecule has 0 aromatic carbocycles. The van der Waals surface area contributed by atoms with Crippen molar-refractivity contribution in [2.45, 2.75) is 0 Å². The molecule has 5 N–H and O–H groups in total.